The van der Waals surface area contributed by atoms with Gasteiger partial charge in [0.05, 0.1) is 6.04 Å². The molecule has 2 rings (SSSR count). The highest BCUT2D eigenvalue weighted by Crippen LogP contribution is 1.83. The van der Waals surface area contributed by atoms with Gasteiger partial charge in [0.1, 0.15) is 0 Å². The van der Waals surface area contributed by atoms with Crippen molar-refractivity contribution in [1.29, 1.82) is 0 Å². The quantitative estimate of drug-likeness (QED) is 0.525. The van der Waals surface area contributed by atoms with Crippen molar-refractivity contribution in [2.24, 2.45) is 5.73 Å². The lowest BCUT2D eigenvalue weighted by atomic mass is 10.2. The molecule has 0 spiro atoms. The molecule has 1 aromatic rings. The predicted molar refractivity (Wildman–Crippen MR) is 61.9 cm³/mol. The number of aromatic amines is 1. The average molecular weight is 233 g/mol. The number of carbonyl (C=O) groups is 1. The molecule has 0 aromatic carbocycles. The summed E-state index contributed by atoms with van der Waals surface area (Å²) in [6, 6.07) is 3.72. The van der Waals surface area contributed by atoms with E-state index in [1.807, 2.05) is 24.5 Å². The maximum Gasteiger partial charge on any atom is 0.235 e. The molecule has 5 N–H and O–H groups in total. The number of piperazine rings is 1. The average Bonchev–Trinajstić information content (AvgIpc) is 2.77. The summed E-state index contributed by atoms with van der Waals surface area (Å²) in [5, 5.41) is 6.03. The van der Waals surface area contributed by atoms with Gasteiger partial charge < -0.3 is 21.4 Å². The molecule has 1 aliphatic rings. The zero-order valence-electron chi connectivity index (χ0n) is 8.40. The largest absolute Gasteiger partial charge is 0.368 e. The van der Waals surface area contributed by atoms with Gasteiger partial charge in [-0.2, -0.15) is 0 Å². The number of H-pyrrole nitrogens is 1. The summed E-state index contributed by atoms with van der Waals surface area (Å²) in [5.74, 6) is -0.276. The minimum Gasteiger partial charge on any atom is -0.368 e. The number of hydrogen-bond acceptors (Lipinski definition) is 3. The van der Waals surface area contributed by atoms with E-state index in [1.54, 1.807) is 0 Å². The van der Waals surface area contributed by atoms with Crippen molar-refractivity contribution < 1.29 is 4.79 Å². The van der Waals surface area contributed by atoms with Gasteiger partial charge in [0.15, 0.2) is 0 Å². The lowest BCUT2D eigenvalue weighted by Gasteiger charge is -2.21. The van der Waals surface area contributed by atoms with Crippen molar-refractivity contribution in [3.8, 4) is 0 Å². The minimum atomic E-state index is -0.276. The molecular weight excluding hydrogens is 216 g/mol. The molecule has 0 radical (unpaired) electrons. The number of amides is 1. The Morgan fingerprint density at radius 2 is 1.93 bits per heavy atom. The Morgan fingerprint density at radius 1 is 1.27 bits per heavy atom. The molecular formula is C9H17ClN4O. The van der Waals surface area contributed by atoms with E-state index in [0.29, 0.717) is 6.54 Å². The zero-order chi connectivity index (χ0) is 10.2. The van der Waals surface area contributed by atoms with E-state index in [0.717, 1.165) is 13.1 Å². The van der Waals surface area contributed by atoms with E-state index in [9.17, 15) is 4.79 Å². The smallest absolute Gasteiger partial charge is 0.235 e. The molecule has 1 aromatic heterocycles. The summed E-state index contributed by atoms with van der Waals surface area (Å²) in [4.78, 5) is 13.3. The highest BCUT2D eigenvalue weighted by Gasteiger charge is 2.16. The number of rotatable bonds is 1. The summed E-state index contributed by atoms with van der Waals surface area (Å²) in [6.45, 7) is 2.41. The minimum absolute atomic E-state index is 0. The van der Waals surface area contributed by atoms with Gasteiger partial charge in [-0.25, -0.2) is 0 Å². The Kier molecular flexibility index (Phi) is 7.71. The summed E-state index contributed by atoms with van der Waals surface area (Å²) in [5.41, 5.74) is 5.03. The van der Waals surface area contributed by atoms with Crippen LogP contribution in [0, 0.1) is 0 Å². The lowest BCUT2D eigenvalue weighted by molar-refractivity contribution is -0.120. The summed E-state index contributed by atoms with van der Waals surface area (Å²) in [7, 11) is 0. The Labute approximate surface area is 95.2 Å². The third kappa shape index (κ3) is 6.11. The Balaban J connectivity index is 0.000000280. The van der Waals surface area contributed by atoms with Crippen LogP contribution in [-0.4, -0.2) is 36.6 Å². The van der Waals surface area contributed by atoms with Gasteiger partial charge in [-0.15, -0.1) is 12.4 Å². The molecule has 1 fully saturated rings. The second-order valence-corrected chi connectivity index (χ2v) is 3.00. The lowest BCUT2D eigenvalue weighted by Crippen LogP contribution is -2.54. The number of hydrogen-bond donors (Lipinski definition) is 4. The van der Waals surface area contributed by atoms with E-state index in [-0.39, 0.29) is 24.4 Å². The van der Waals surface area contributed by atoms with Crippen LogP contribution in [0.4, 0.5) is 0 Å². The first-order chi connectivity index (χ1) is 6.80. The van der Waals surface area contributed by atoms with Crippen molar-refractivity contribution in [2.45, 2.75) is 6.04 Å². The highest BCUT2D eigenvalue weighted by atomic mass is 35.5. The first kappa shape index (κ1) is 14.0. The molecule has 86 valence electrons. The van der Waals surface area contributed by atoms with Crippen LogP contribution in [0.2, 0.25) is 0 Å². The van der Waals surface area contributed by atoms with Gasteiger partial charge in [-0.05, 0) is 12.1 Å². The van der Waals surface area contributed by atoms with Crippen molar-refractivity contribution in [3.05, 3.63) is 24.5 Å². The van der Waals surface area contributed by atoms with Gasteiger partial charge in [0, 0.05) is 32.0 Å². The summed E-state index contributed by atoms with van der Waals surface area (Å²) < 4.78 is 0. The fourth-order valence-electron chi connectivity index (χ4n) is 1.13. The Hall–Kier alpha value is -1.04. The molecule has 0 bridgehead atoms. The number of primary amides is 1. The Bertz CT molecular complexity index is 229. The third-order valence-electron chi connectivity index (χ3n) is 1.88. The third-order valence-corrected chi connectivity index (χ3v) is 1.88. The fourth-order valence-corrected chi connectivity index (χ4v) is 1.13. The molecule has 15 heavy (non-hydrogen) atoms. The first-order valence-corrected chi connectivity index (χ1v) is 4.62. The van der Waals surface area contributed by atoms with Crippen LogP contribution in [0.15, 0.2) is 24.5 Å². The molecule has 6 heteroatoms. The number of carbonyl (C=O) groups excluding carboxylic acids is 1. The van der Waals surface area contributed by atoms with Crippen LogP contribution >= 0.6 is 12.4 Å². The summed E-state index contributed by atoms with van der Waals surface area (Å²) in [6.07, 6.45) is 3.75. The molecule has 1 amide bonds. The molecule has 1 atom stereocenters. The van der Waals surface area contributed by atoms with Crippen molar-refractivity contribution in [1.82, 2.24) is 15.6 Å². The van der Waals surface area contributed by atoms with Crippen molar-refractivity contribution >= 4 is 18.3 Å². The first-order valence-electron chi connectivity index (χ1n) is 4.62. The standard InChI is InChI=1S/C5H11N3O.C4H5N.ClH/c6-5(9)4-3-7-1-2-8-4;1-2-4-5-3-1;/h4,7-8H,1-3H2,(H2,6,9);1-5H;1H. The molecule has 5 nitrogen and oxygen atoms in total. The SMILES string of the molecule is Cl.NC(=O)C1CNCCN1.c1cc[nH]c1. The van der Waals surface area contributed by atoms with Gasteiger partial charge in [0.2, 0.25) is 5.91 Å². The molecule has 1 unspecified atom stereocenters. The van der Waals surface area contributed by atoms with E-state index in [2.05, 4.69) is 15.6 Å². The maximum atomic E-state index is 10.5. The summed E-state index contributed by atoms with van der Waals surface area (Å²) >= 11 is 0. The van der Waals surface area contributed by atoms with E-state index in [1.165, 1.54) is 0 Å². The van der Waals surface area contributed by atoms with Crippen LogP contribution < -0.4 is 16.4 Å². The van der Waals surface area contributed by atoms with E-state index < -0.39 is 0 Å². The van der Waals surface area contributed by atoms with Gasteiger partial charge in [-0.1, -0.05) is 0 Å². The molecule has 2 heterocycles. The van der Waals surface area contributed by atoms with Crippen LogP contribution in [0.1, 0.15) is 0 Å². The van der Waals surface area contributed by atoms with E-state index in [4.69, 9.17) is 5.73 Å². The predicted octanol–water partition coefficient (Wildman–Crippen LogP) is -0.530. The highest BCUT2D eigenvalue weighted by molar-refractivity contribution is 5.85. The van der Waals surface area contributed by atoms with Crippen molar-refractivity contribution in [2.75, 3.05) is 19.6 Å². The fraction of sp³-hybridized carbons (Fsp3) is 0.444. The van der Waals surface area contributed by atoms with Crippen LogP contribution in [0.5, 0.6) is 0 Å². The van der Waals surface area contributed by atoms with Crippen LogP contribution in [-0.2, 0) is 4.79 Å². The van der Waals surface area contributed by atoms with Gasteiger partial charge in [-0.3, -0.25) is 4.79 Å². The molecule has 1 aliphatic heterocycles. The van der Waals surface area contributed by atoms with E-state index >= 15 is 0 Å². The second-order valence-electron chi connectivity index (χ2n) is 3.00. The van der Waals surface area contributed by atoms with Gasteiger partial charge >= 0.3 is 0 Å². The van der Waals surface area contributed by atoms with Crippen LogP contribution in [0.25, 0.3) is 0 Å². The molecule has 0 saturated carbocycles. The number of nitrogens with two attached hydrogens (primary N) is 1. The number of halogens is 1. The number of nitrogens with one attached hydrogen (secondary N) is 3. The monoisotopic (exact) mass is 232 g/mol. The Morgan fingerprint density at radius 3 is 2.20 bits per heavy atom. The van der Waals surface area contributed by atoms with Crippen molar-refractivity contribution in [3.63, 3.8) is 0 Å². The maximum absolute atomic E-state index is 10.5. The zero-order valence-corrected chi connectivity index (χ0v) is 9.22. The molecule has 1 saturated heterocycles. The second kappa shape index (κ2) is 8.28. The normalized spacial score (nSPS) is 19.3. The topological polar surface area (TPSA) is 82.9 Å². The number of aromatic nitrogens is 1. The van der Waals surface area contributed by atoms with Crippen LogP contribution in [0.3, 0.4) is 0 Å². The van der Waals surface area contributed by atoms with Gasteiger partial charge in [0.25, 0.3) is 0 Å². The molecule has 0 aliphatic carbocycles.